The van der Waals surface area contributed by atoms with Gasteiger partial charge in [-0.1, -0.05) is 6.07 Å². The molecule has 0 saturated heterocycles. The topological polar surface area (TPSA) is 78.5 Å². The Morgan fingerprint density at radius 3 is 2.65 bits per heavy atom. The molecule has 4 aromatic rings. The summed E-state index contributed by atoms with van der Waals surface area (Å²) >= 11 is 0. The molecule has 7 nitrogen and oxygen atoms in total. The third-order valence-corrected chi connectivity index (χ3v) is 4.57. The second-order valence-electron chi connectivity index (χ2n) is 6.10. The van der Waals surface area contributed by atoms with Gasteiger partial charge in [-0.3, -0.25) is 9.36 Å². The normalized spacial score (nSPS) is 11.2. The number of hydrogen-bond donors (Lipinski definition) is 0. The summed E-state index contributed by atoms with van der Waals surface area (Å²) in [5.41, 5.74) is 4.05. The van der Waals surface area contributed by atoms with E-state index >= 15 is 0 Å². The van der Waals surface area contributed by atoms with E-state index in [4.69, 9.17) is 4.74 Å². The quantitative estimate of drug-likeness (QED) is 0.520. The van der Waals surface area contributed by atoms with Gasteiger partial charge in [-0.05, 0) is 43.2 Å². The van der Waals surface area contributed by atoms with Crippen molar-refractivity contribution in [1.82, 2.24) is 19.2 Å². The summed E-state index contributed by atoms with van der Waals surface area (Å²) in [5, 5.41) is 4.60. The third kappa shape index (κ3) is 2.28. The van der Waals surface area contributed by atoms with Crippen LogP contribution in [0.1, 0.15) is 21.5 Å². The largest absolute Gasteiger partial charge is 0.465 e. The number of pyridine rings is 1. The zero-order chi connectivity index (χ0) is 18.4. The van der Waals surface area contributed by atoms with Crippen molar-refractivity contribution in [2.45, 2.75) is 13.8 Å². The number of aromatic nitrogens is 4. The molecular weight excluding hydrogens is 332 g/mol. The first-order valence-corrected chi connectivity index (χ1v) is 8.05. The number of nitrogens with zero attached hydrogens (tertiary/aromatic N) is 4. The Hall–Kier alpha value is -3.48. The Kier molecular flexibility index (Phi) is 3.57. The molecule has 0 N–H and O–H groups in total. The third-order valence-electron chi connectivity index (χ3n) is 4.57. The average Bonchev–Trinajstić information content (AvgIpc) is 3.08. The summed E-state index contributed by atoms with van der Waals surface area (Å²) in [4.78, 5) is 29.0. The zero-order valence-electron chi connectivity index (χ0n) is 14.6. The number of fused-ring (bicyclic) bond motifs is 3. The first kappa shape index (κ1) is 16.0. The number of aryl methyl sites for hydroxylation is 2. The maximum absolute atomic E-state index is 13.0. The second kappa shape index (κ2) is 5.80. The van der Waals surface area contributed by atoms with E-state index in [1.54, 1.807) is 16.8 Å². The molecule has 3 aromatic heterocycles. The van der Waals surface area contributed by atoms with E-state index in [0.717, 1.165) is 16.8 Å². The van der Waals surface area contributed by atoms with Crippen molar-refractivity contribution < 1.29 is 9.53 Å². The molecule has 0 atom stereocenters. The molecular formula is C19H16N4O3. The van der Waals surface area contributed by atoms with Crippen molar-refractivity contribution >= 4 is 22.5 Å². The number of rotatable bonds is 2. The van der Waals surface area contributed by atoms with Gasteiger partial charge in [0, 0.05) is 18.1 Å². The lowest BCUT2D eigenvalue weighted by atomic mass is 10.1. The fourth-order valence-corrected chi connectivity index (χ4v) is 2.95. The predicted molar refractivity (Wildman–Crippen MR) is 96.9 cm³/mol. The van der Waals surface area contributed by atoms with Crippen LogP contribution in [-0.2, 0) is 4.74 Å². The zero-order valence-corrected chi connectivity index (χ0v) is 14.6. The lowest BCUT2D eigenvalue weighted by Crippen LogP contribution is -2.19. The number of methoxy groups -OCH3 is 1. The lowest BCUT2D eigenvalue weighted by Gasteiger charge is -2.10. The van der Waals surface area contributed by atoms with Gasteiger partial charge in [0.2, 0.25) is 0 Å². The van der Waals surface area contributed by atoms with E-state index in [-0.39, 0.29) is 11.1 Å². The van der Waals surface area contributed by atoms with Gasteiger partial charge >= 0.3 is 5.97 Å². The number of esters is 1. The Labute approximate surface area is 148 Å². The Balaban J connectivity index is 1.96. The van der Waals surface area contributed by atoms with Crippen LogP contribution in [0.5, 0.6) is 0 Å². The first-order chi connectivity index (χ1) is 12.5. The minimum atomic E-state index is -0.518. The van der Waals surface area contributed by atoms with Crippen LogP contribution in [-0.4, -0.2) is 32.2 Å². The van der Waals surface area contributed by atoms with E-state index < -0.39 is 5.97 Å². The molecule has 0 aliphatic carbocycles. The molecule has 0 aliphatic rings. The molecule has 0 fully saturated rings. The number of carbonyl (C=O) groups is 1. The molecule has 0 bridgehead atoms. The molecule has 0 amide bonds. The number of hydrogen-bond acceptors (Lipinski definition) is 5. The molecule has 1 aromatic carbocycles. The van der Waals surface area contributed by atoms with Crippen molar-refractivity contribution in [3.05, 3.63) is 69.9 Å². The fraction of sp³-hybridized carbons (Fsp3) is 0.158. The van der Waals surface area contributed by atoms with Crippen molar-refractivity contribution in [1.29, 1.82) is 0 Å². The SMILES string of the molecule is COC(=O)c1cnn2c1ncc1c(=O)n(-c3ccc(C)c(C)c3)ccc12. The number of carbonyl (C=O) groups excluding carboxylic acids is 1. The minimum Gasteiger partial charge on any atom is -0.465 e. The van der Waals surface area contributed by atoms with E-state index in [2.05, 4.69) is 10.1 Å². The Morgan fingerprint density at radius 1 is 1.12 bits per heavy atom. The van der Waals surface area contributed by atoms with Gasteiger partial charge < -0.3 is 4.74 Å². The van der Waals surface area contributed by atoms with Crippen molar-refractivity contribution in [3.8, 4) is 5.69 Å². The smallest absolute Gasteiger partial charge is 0.343 e. The van der Waals surface area contributed by atoms with Crippen molar-refractivity contribution in [2.75, 3.05) is 7.11 Å². The summed E-state index contributed by atoms with van der Waals surface area (Å²) < 4.78 is 7.79. The molecule has 26 heavy (non-hydrogen) atoms. The minimum absolute atomic E-state index is 0.199. The van der Waals surface area contributed by atoms with Crippen LogP contribution in [0.2, 0.25) is 0 Å². The monoisotopic (exact) mass is 348 g/mol. The Morgan fingerprint density at radius 2 is 1.92 bits per heavy atom. The van der Waals surface area contributed by atoms with E-state index in [0.29, 0.717) is 16.6 Å². The van der Waals surface area contributed by atoms with E-state index in [1.165, 1.54) is 24.0 Å². The summed E-state index contributed by atoms with van der Waals surface area (Å²) in [6.45, 7) is 4.04. The molecule has 0 saturated carbocycles. The molecule has 0 spiro atoms. The molecule has 0 aliphatic heterocycles. The molecule has 4 rings (SSSR count). The van der Waals surface area contributed by atoms with Crippen LogP contribution in [0.25, 0.3) is 22.2 Å². The second-order valence-corrected chi connectivity index (χ2v) is 6.10. The summed E-state index contributed by atoms with van der Waals surface area (Å²) in [6, 6.07) is 7.65. The van der Waals surface area contributed by atoms with E-state index in [9.17, 15) is 9.59 Å². The predicted octanol–water partition coefficient (Wildman–Crippen LogP) is 2.44. The molecule has 7 heteroatoms. The van der Waals surface area contributed by atoms with Gasteiger partial charge in [-0.25, -0.2) is 14.3 Å². The number of benzene rings is 1. The highest BCUT2D eigenvalue weighted by molar-refractivity contribution is 5.96. The molecule has 130 valence electrons. The van der Waals surface area contributed by atoms with Gasteiger partial charge in [-0.15, -0.1) is 0 Å². The van der Waals surface area contributed by atoms with Gasteiger partial charge in [0.25, 0.3) is 5.56 Å². The highest BCUT2D eigenvalue weighted by Gasteiger charge is 2.17. The fourth-order valence-electron chi connectivity index (χ4n) is 2.95. The van der Waals surface area contributed by atoms with Crippen LogP contribution in [0.4, 0.5) is 0 Å². The molecule has 3 heterocycles. The van der Waals surface area contributed by atoms with Crippen LogP contribution in [0.3, 0.4) is 0 Å². The molecule has 0 radical (unpaired) electrons. The summed E-state index contributed by atoms with van der Waals surface area (Å²) in [7, 11) is 1.30. The van der Waals surface area contributed by atoms with Crippen molar-refractivity contribution in [2.24, 2.45) is 0 Å². The first-order valence-electron chi connectivity index (χ1n) is 8.05. The Bertz CT molecular complexity index is 1240. The maximum atomic E-state index is 13.0. The summed E-state index contributed by atoms with van der Waals surface area (Å²) in [6.07, 6.45) is 4.56. The van der Waals surface area contributed by atoms with Crippen LogP contribution in [0, 0.1) is 13.8 Å². The van der Waals surface area contributed by atoms with Crippen molar-refractivity contribution in [3.63, 3.8) is 0 Å². The molecule has 0 unspecified atom stereocenters. The average molecular weight is 348 g/mol. The lowest BCUT2D eigenvalue weighted by molar-refractivity contribution is 0.0602. The highest BCUT2D eigenvalue weighted by Crippen LogP contribution is 2.17. The van der Waals surface area contributed by atoms with Gasteiger partial charge in [0.05, 0.1) is 24.2 Å². The van der Waals surface area contributed by atoms with Gasteiger partial charge in [-0.2, -0.15) is 5.10 Å². The summed E-state index contributed by atoms with van der Waals surface area (Å²) in [5.74, 6) is -0.518. The van der Waals surface area contributed by atoms with Crippen LogP contribution >= 0.6 is 0 Å². The van der Waals surface area contributed by atoms with Crippen LogP contribution < -0.4 is 5.56 Å². The van der Waals surface area contributed by atoms with E-state index in [1.807, 2.05) is 32.0 Å². The van der Waals surface area contributed by atoms with Crippen LogP contribution in [0.15, 0.2) is 47.7 Å². The number of ether oxygens (including phenoxy) is 1. The maximum Gasteiger partial charge on any atom is 0.343 e. The highest BCUT2D eigenvalue weighted by atomic mass is 16.5. The van der Waals surface area contributed by atoms with Gasteiger partial charge in [0.1, 0.15) is 5.56 Å². The van der Waals surface area contributed by atoms with Gasteiger partial charge in [0.15, 0.2) is 5.65 Å². The standard InChI is InChI=1S/C19H16N4O3/c1-11-4-5-13(8-12(11)2)22-7-6-16-14(18(22)24)9-20-17-15(19(25)26-3)10-21-23(16)17/h4-10H,1-3H3.